The maximum Gasteiger partial charge on any atom is 0.314 e. The summed E-state index contributed by atoms with van der Waals surface area (Å²) in [6, 6.07) is 29.3. The molecule has 39 heavy (non-hydrogen) atoms. The molecule has 0 N–H and O–H groups in total. The summed E-state index contributed by atoms with van der Waals surface area (Å²) in [6.45, 7) is 0.173. The van der Waals surface area contributed by atoms with Gasteiger partial charge in [0.05, 0.1) is 35.8 Å². The molecule has 0 amide bonds. The van der Waals surface area contributed by atoms with Gasteiger partial charge in [0.25, 0.3) is 0 Å². The molecule has 4 aromatic carbocycles. The predicted molar refractivity (Wildman–Crippen MR) is 143 cm³/mol. The third-order valence-electron chi connectivity index (χ3n) is 5.37. The first-order chi connectivity index (χ1) is 18.9. The molecule has 0 aromatic heterocycles. The summed E-state index contributed by atoms with van der Waals surface area (Å²) < 4.78 is 47.5. The maximum absolute atomic E-state index is 13.0. The lowest BCUT2D eigenvalue weighted by atomic mass is 10.3. The van der Waals surface area contributed by atoms with Crippen molar-refractivity contribution < 1.29 is 37.0 Å². The van der Waals surface area contributed by atoms with Crippen LogP contribution in [-0.4, -0.2) is 33.6 Å². The molecule has 4 aromatic rings. The first-order valence-electron chi connectivity index (χ1n) is 12.1. The molecule has 0 saturated heterocycles. The lowest BCUT2D eigenvalue weighted by Crippen LogP contribution is -2.12. The van der Waals surface area contributed by atoms with Gasteiger partial charge in [-0.1, -0.05) is 36.4 Å². The minimum absolute atomic E-state index is 0.0393. The lowest BCUT2D eigenvalue weighted by Gasteiger charge is -2.10. The Hall–Kier alpha value is -4.63. The number of hydrogen-bond donors (Lipinski definition) is 0. The van der Waals surface area contributed by atoms with Gasteiger partial charge in [-0.05, 0) is 72.8 Å². The summed E-state index contributed by atoms with van der Waals surface area (Å²) in [5.41, 5.74) is 0. The van der Waals surface area contributed by atoms with E-state index in [0.29, 0.717) is 23.0 Å². The van der Waals surface area contributed by atoms with Gasteiger partial charge < -0.3 is 18.9 Å². The second kappa shape index (κ2) is 13.3. The zero-order chi connectivity index (χ0) is 27.5. The van der Waals surface area contributed by atoms with Gasteiger partial charge in [-0.25, -0.2) is 8.42 Å². The van der Waals surface area contributed by atoms with Gasteiger partial charge in [0.1, 0.15) is 23.0 Å². The molecule has 0 heterocycles. The van der Waals surface area contributed by atoms with Gasteiger partial charge in [0.2, 0.25) is 9.84 Å². The van der Waals surface area contributed by atoms with Crippen LogP contribution in [0.25, 0.3) is 0 Å². The van der Waals surface area contributed by atoms with Crippen molar-refractivity contribution in [1.29, 1.82) is 0 Å². The van der Waals surface area contributed by atoms with Gasteiger partial charge in [-0.3, -0.25) is 9.59 Å². The van der Waals surface area contributed by atoms with Gasteiger partial charge in [-0.2, -0.15) is 0 Å². The minimum Gasteiger partial charge on any atom is -0.493 e. The van der Waals surface area contributed by atoms with E-state index >= 15 is 0 Å². The minimum atomic E-state index is -3.77. The SMILES string of the molecule is O=C(CCOc1ccc(S(=O)(=O)c2ccc(OCCC(=O)Oc3ccccc3)cc2)cc1)Oc1ccccc1. The molecule has 0 bridgehead atoms. The van der Waals surface area contributed by atoms with Crippen molar-refractivity contribution in [2.45, 2.75) is 22.6 Å². The lowest BCUT2D eigenvalue weighted by molar-refractivity contribution is -0.135. The van der Waals surface area contributed by atoms with Crippen molar-refractivity contribution in [3.8, 4) is 23.0 Å². The smallest absolute Gasteiger partial charge is 0.314 e. The third kappa shape index (κ3) is 8.18. The molecule has 0 saturated carbocycles. The van der Waals surface area contributed by atoms with E-state index in [4.69, 9.17) is 18.9 Å². The summed E-state index contributed by atoms with van der Waals surface area (Å²) >= 11 is 0. The van der Waals surface area contributed by atoms with Crippen molar-refractivity contribution in [2.75, 3.05) is 13.2 Å². The second-order valence-electron chi connectivity index (χ2n) is 8.22. The molecule has 200 valence electrons. The molecule has 0 aliphatic rings. The largest absolute Gasteiger partial charge is 0.493 e. The average Bonchev–Trinajstić information content (AvgIpc) is 2.95. The number of rotatable bonds is 12. The Morgan fingerprint density at radius 2 is 0.846 bits per heavy atom. The molecule has 4 rings (SSSR count). The fourth-order valence-corrected chi connectivity index (χ4v) is 4.67. The molecule has 0 unspecified atom stereocenters. The Labute approximate surface area is 226 Å². The van der Waals surface area contributed by atoms with Gasteiger partial charge in [0.15, 0.2) is 0 Å². The highest BCUT2D eigenvalue weighted by Crippen LogP contribution is 2.25. The topological polar surface area (TPSA) is 105 Å². The molecule has 0 fully saturated rings. The number of ether oxygens (including phenoxy) is 4. The number of carbonyl (C=O) groups excluding carboxylic acids is 2. The number of benzene rings is 4. The van der Waals surface area contributed by atoms with Crippen LogP contribution < -0.4 is 18.9 Å². The van der Waals surface area contributed by atoms with Crippen LogP contribution in [0.1, 0.15) is 12.8 Å². The standard InChI is InChI=1S/C30H26O8S/c31-29(37-25-7-3-1-4-8-25)19-21-35-23-11-15-27(16-12-23)39(33,34)28-17-13-24(14-18-28)36-22-20-30(32)38-26-9-5-2-6-10-26/h1-18H,19-22H2. The van der Waals surface area contributed by atoms with Crippen LogP contribution in [0.5, 0.6) is 23.0 Å². The summed E-state index contributed by atoms with van der Waals surface area (Å²) in [7, 11) is -3.77. The number of sulfone groups is 1. The Bertz CT molecular complexity index is 1360. The average molecular weight is 547 g/mol. The highest BCUT2D eigenvalue weighted by molar-refractivity contribution is 7.91. The van der Waals surface area contributed by atoms with Crippen LogP contribution in [0.3, 0.4) is 0 Å². The number of esters is 2. The zero-order valence-corrected chi connectivity index (χ0v) is 21.7. The van der Waals surface area contributed by atoms with Crippen LogP contribution in [0.2, 0.25) is 0 Å². The van der Waals surface area contributed by atoms with E-state index in [1.165, 1.54) is 48.5 Å². The molecular formula is C30H26O8S. The summed E-state index contributed by atoms with van der Waals surface area (Å²) in [6.07, 6.45) is 0.0785. The molecule has 9 heteroatoms. The molecule has 0 atom stereocenters. The Kier molecular flexibility index (Phi) is 9.31. The van der Waals surface area contributed by atoms with E-state index in [1.807, 2.05) is 12.1 Å². The van der Waals surface area contributed by atoms with Crippen molar-refractivity contribution in [1.82, 2.24) is 0 Å². The second-order valence-corrected chi connectivity index (χ2v) is 10.2. The molecular weight excluding hydrogens is 520 g/mol. The van der Waals surface area contributed by atoms with Crippen LogP contribution >= 0.6 is 0 Å². The van der Waals surface area contributed by atoms with Crippen LogP contribution in [-0.2, 0) is 19.4 Å². The monoisotopic (exact) mass is 546 g/mol. The summed E-state index contributed by atoms with van der Waals surface area (Å²) in [5.74, 6) is 0.910. The fraction of sp³-hybridized carbons (Fsp3) is 0.133. The molecule has 0 aliphatic heterocycles. The van der Waals surface area contributed by atoms with Crippen molar-refractivity contribution in [3.05, 3.63) is 109 Å². The van der Waals surface area contributed by atoms with Gasteiger partial charge in [0, 0.05) is 0 Å². The maximum atomic E-state index is 13.0. The molecule has 0 radical (unpaired) electrons. The highest BCUT2D eigenvalue weighted by Gasteiger charge is 2.18. The molecule has 8 nitrogen and oxygen atoms in total. The number of hydrogen-bond acceptors (Lipinski definition) is 8. The highest BCUT2D eigenvalue weighted by atomic mass is 32.2. The van der Waals surface area contributed by atoms with E-state index in [-0.39, 0.29) is 35.8 Å². The normalized spacial score (nSPS) is 10.9. The zero-order valence-electron chi connectivity index (χ0n) is 20.9. The van der Waals surface area contributed by atoms with E-state index in [9.17, 15) is 18.0 Å². The van der Waals surface area contributed by atoms with Crippen LogP contribution in [0.4, 0.5) is 0 Å². The Balaban J connectivity index is 1.24. The first-order valence-corrected chi connectivity index (χ1v) is 13.6. The molecule has 0 spiro atoms. The summed E-state index contributed by atoms with van der Waals surface area (Å²) in [4.78, 5) is 24.0. The molecule has 0 aliphatic carbocycles. The van der Waals surface area contributed by atoms with E-state index in [2.05, 4.69) is 0 Å². The van der Waals surface area contributed by atoms with Gasteiger partial charge >= 0.3 is 11.9 Å². The quantitative estimate of drug-likeness (QED) is 0.175. The van der Waals surface area contributed by atoms with E-state index < -0.39 is 21.8 Å². The third-order valence-corrected chi connectivity index (χ3v) is 7.15. The van der Waals surface area contributed by atoms with Gasteiger partial charge in [-0.15, -0.1) is 0 Å². The first kappa shape index (κ1) is 27.4. The van der Waals surface area contributed by atoms with Crippen molar-refractivity contribution in [3.63, 3.8) is 0 Å². The van der Waals surface area contributed by atoms with Crippen molar-refractivity contribution in [2.24, 2.45) is 0 Å². The predicted octanol–water partition coefficient (Wildman–Crippen LogP) is 5.27. The number of para-hydroxylation sites is 2. The number of carbonyl (C=O) groups is 2. The van der Waals surface area contributed by atoms with E-state index in [0.717, 1.165) is 0 Å². The van der Waals surface area contributed by atoms with E-state index in [1.54, 1.807) is 48.5 Å². The van der Waals surface area contributed by atoms with Crippen molar-refractivity contribution >= 4 is 21.8 Å². The van der Waals surface area contributed by atoms with Crippen LogP contribution in [0.15, 0.2) is 119 Å². The summed E-state index contributed by atoms with van der Waals surface area (Å²) in [5, 5.41) is 0. The van der Waals surface area contributed by atoms with Crippen LogP contribution in [0, 0.1) is 0 Å². The Morgan fingerprint density at radius 1 is 0.487 bits per heavy atom. The Morgan fingerprint density at radius 3 is 1.21 bits per heavy atom. The fourth-order valence-electron chi connectivity index (χ4n) is 3.41.